The number of benzene rings is 4. The minimum Gasteiger partial charge on any atom is -0.497 e. The number of rotatable bonds is 8. The molecule has 35 heavy (non-hydrogen) atoms. The summed E-state index contributed by atoms with van der Waals surface area (Å²) >= 11 is 0. The van der Waals surface area contributed by atoms with Crippen LogP contribution in [0.4, 0.5) is 5.69 Å². The van der Waals surface area contributed by atoms with Gasteiger partial charge in [-0.25, -0.2) is 0 Å². The maximum absolute atomic E-state index is 13.7. The lowest BCUT2D eigenvalue weighted by Crippen LogP contribution is -2.17. The number of ketones is 1. The van der Waals surface area contributed by atoms with Gasteiger partial charge in [-0.3, -0.25) is 9.59 Å². The second-order valence-corrected chi connectivity index (χ2v) is 7.65. The molecule has 0 aliphatic rings. The van der Waals surface area contributed by atoms with Crippen LogP contribution < -0.4 is 19.5 Å². The third-order valence-corrected chi connectivity index (χ3v) is 5.63. The van der Waals surface area contributed by atoms with Gasteiger partial charge in [0, 0.05) is 11.1 Å². The Hall–Kier alpha value is -4.58. The van der Waals surface area contributed by atoms with Crippen LogP contribution in [-0.2, 0) is 0 Å². The smallest absolute Gasteiger partial charge is 0.260 e. The van der Waals surface area contributed by atoms with Gasteiger partial charge in [-0.05, 0) is 47.5 Å². The first-order valence-electron chi connectivity index (χ1n) is 11.0. The highest BCUT2D eigenvalue weighted by atomic mass is 16.5. The molecule has 6 heteroatoms. The number of hydrogen-bond acceptors (Lipinski definition) is 5. The molecule has 4 rings (SSSR count). The molecule has 0 atom stereocenters. The Morgan fingerprint density at radius 3 is 2.03 bits per heavy atom. The topological polar surface area (TPSA) is 73.9 Å². The third-order valence-electron chi connectivity index (χ3n) is 5.63. The van der Waals surface area contributed by atoms with Crippen molar-refractivity contribution in [3.8, 4) is 28.4 Å². The highest BCUT2D eigenvalue weighted by molar-refractivity contribution is 6.17. The fourth-order valence-electron chi connectivity index (χ4n) is 3.88. The lowest BCUT2D eigenvalue weighted by Gasteiger charge is -2.18. The molecule has 0 aliphatic heterocycles. The third kappa shape index (κ3) is 4.87. The van der Waals surface area contributed by atoms with E-state index in [0.29, 0.717) is 45.2 Å². The summed E-state index contributed by atoms with van der Waals surface area (Å²) in [5, 5.41) is 2.92. The molecule has 0 aliphatic carbocycles. The molecule has 176 valence electrons. The second-order valence-electron chi connectivity index (χ2n) is 7.65. The largest absolute Gasteiger partial charge is 0.497 e. The molecule has 4 aromatic carbocycles. The van der Waals surface area contributed by atoms with Gasteiger partial charge in [0.05, 0.1) is 32.6 Å². The van der Waals surface area contributed by atoms with Crippen molar-refractivity contribution in [3.05, 3.63) is 108 Å². The number of ether oxygens (including phenoxy) is 3. The van der Waals surface area contributed by atoms with Crippen LogP contribution in [0.2, 0.25) is 0 Å². The monoisotopic (exact) mass is 467 g/mol. The number of para-hydroxylation sites is 1. The lowest BCUT2D eigenvalue weighted by atomic mass is 9.97. The Labute approximate surface area is 204 Å². The summed E-state index contributed by atoms with van der Waals surface area (Å²) < 4.78 is 16.3. The van der Waals surface area contributed by atoms with Gasteiger partial charge in [0.25, 0.3) is 5.91 Å². The zero-order valence-electron chi connectivity index (χ0n) is 19.7. The summed E-state index contributed by atoms with van der Waals surface area (Å²) in [5.74, 6) is 0.802. The predicted octanol–water partition coefficient (Wildman–Crippen LogP) is 5.86. The summed E-state index contributed by atoms with van der Waals surface area (Å²) in [6.45, 7) is 0. The minimum atomic E-state index is -0.431. The van der Waals surface area contributed by atoms with Crippen LogP contribution in [0.3, 0.4) is 0 Å². The van der Waals surface area contributed by atoms with Gasteiger partial charge in [0.2, 0.25) is 0 Å². The molecule has 0 heterocycles. The molecular weight excluding hydrogens is 442 g/mol. The Morgan fingerprint density at radius 1 is 0.686 bits per heavy atom. The van der Waals surface area contributed by atoms with E-state index < -0.39 is 5.91 Å². The van der Waals surface area contributed by atoms with Crippen LogP contribution in [0.5, 0.6) is 17.2 Å². The number of carbonyl (C=O) groups excluding carboxylic acids is 2. The van der Waals surface area contributed by atoms with Crippen LogP contribution in [0, 0.1) is 0 Å². The first kappa shape index (κ1) is 23.6. The van der Waals surface area contributed by atoms with E-state index in [2.05, 4.69) is 5.32 Å². The predicted molar refractivity (Wildman–Crippen MR) is 136 cm³/mol. The Morgan fingerprint density at radius 2 is 1.37 bits per heavy atom. The number of nitrogens with one attached hydrogen (secondary N) is 1. The molecule has 0 saturated heterocycles. The number of anilines is 1. The van der Waals surface area contributed by atoms with E-state index in [1.54, 1.807) is 67.8 Å². The van der Waals surface area contributed by atoms with E-state index in [9.17, 15) is 9.59 Å². The van der Waals surface area contributed by atoms with E-state index in [-0.39, 0.29) is 5.78 Å². The molecule has 0 fully saturated rings. The highest BCUT2D eigenvalue weighted by Gasteiger charge is 2.24. The van der Waals surface area contributed by atoms with Crippen molar-refractivity contribution in [2.45, 2.75) is 0 Å². The summed E-state index contributed by atoms with van der Waals surface area (Å²) in [5.41, 5.74) is 3.06. The molecule has 1 N–H and O–H groups in total. The van der Waals surface area contributed by atoms with Crippen molar-refractivity contribution in [1.29, 1.82) is 0 Å². The fraction of sp³-hybridized carbons (Fsp3) is 0.103. The van der Waals surface area contributed by atoms with Gasteiger partial charge in [0.1, 0.15) is 5.75 Å². The zero-order chi connectivity index (χ0) is 24.8. The molecule has 1 amide bonds. The number of hydrogen-bond donors (Lipinski definition) is 1. The summed E-state index contributed by atoms with van der Waals surface area (Å²) in [6, 6.07) is 26.8. The van der Waals surface area contributed by atoms with Gasteiger partial charge < -0.3 is 19.5 Å². The average molecular weight is 468 g/mol. The van der Waals surface area contributed by atoms with E-state index >= 15 is 0 Å². The maximum atomic E-state index is 13.7. The summed E-state index contributed by atoms with van der Waals surface area (Å²) in [4.78, 5) is 26.9. The van der Waals surface area contributed by atoms with Gasteiger partial charge in [-0.2, -0.15) is 0 Å². The molecule has 0 aromatic heterocycles. The van der Waals surface area contributed by atoms with Crippen LogP contribution in [0.1, 0.15) is 26.3 Å². The van der Waals surface area contributed by atoms with Gasteiger partial charge >= 0.3 is 0 Å². The number of amides is 1. The molecule has 0 radical (unpaired) electrons. The summed E-state index contributed by atoms with van der Waals surface area (Å²) in [6.07, 6.45) is 0. The molecule has 4 aromatic rings. The van der Waals surface area contributed by atoms with Gasteiger partial charge in [0.15, 0.2) is 17.3 Å². The maximum Gasteiger partial charge on any atom is 0.260 e. The highest BCUT2D eigenvalue weighted by Crippen LogP contribution is 2.39. The van der Waals surface area contributed by atoms with Gasteiger partial charge in [-0.15, -0.1) is 0 Å². The van der Waals surface area contributed by atoms with E-state index in [0.717, 1.165) is 5.56 Å². The van der Waals surface area contributed by atoms with E-state index in [4.69, 9.17) is 14.2 Å². The van der Waals surface area contributed by atoms with Crippen LogP contribution in [0.25, 0.3) is 11.1 Å². The van der Waals surface area contributed by atoms with Gasteiger partial charge in [-0.1, -0.05) is 54.6 Å². The molecule has 6 nitrogen and oxygen atoms in total. The normalized spacial score (nSPS) is 10.4. The van der Waals surface area contributed by atoms with Crippen LogP contribution in [-0.4, -0.2) is 33.0 Å². The van der Waals surface area contributed by atoms with Crippen molar-refractivity contribution < 1.29 is 23.8 Å². The van der Waals surface area contributed by atoms with Crippen molar-refractivity contribution in [3.63, 3.8) is 0 Å². The Kier molecular flexibility index (Phi) is 7.12. The van der Waals surface area contributed by atoms with Crippen molar-refractivity contribution in [2.24, 2.45) is 0 Å². The SMILES string of the molecule is COc1ccc(-c2ccc(OC)c(OC)c2C(=O)Nc2ccccc2C(=O)c2ccccc2)cc1. The standard InChI is InChI=1S/C29H25NO5/c1-33-21-15-13-19(14-16-21)22-17-18-25(34-2)28(35-3)26(22)29(32)30-24-12-8-7-11-23(24)27(31)20-9-5-4-6-10-20/h4-18H,1-3H3,(H,30,32). The van der Waals surface area contributed by atoms with Crippen molar-refractivity contribution >= 4 is 17.4 Å². The Balaban J connectivity index is 1.78. The molecule has 0 spiro atoms. The van der Waals surface area contributed by atoms with Crippen molar-refractivity contribution in [2.75, 3.05) is 26.6 Å². The van der Waals surface area contributed by atoms with Crippen LogP contribution >= 0.6 is 0 Å². The quantitative estimate of drug-likeness (QED) is 0.329. The minimum absolute atomic E-state index is 0.186. The summed E-state index contributed by atoms with van der Waals surface area (Å²) in [7, 11) is 4.60. The second kappa shape index (κ2) is 10.6. The van der Waals surface area contributed by atoms with E-state index in [1.165, 1.54) is 14.2 Å². The molecular formula is C29H25NO5. The molecule has 0 saturated carbocycles. The average Bonchev–Trinajstić information content (AvgIpc) is 2.92. The first-order chi connectivity index (χ1) is 17.1. The van der Waals surface area contributed by atoms with E-state index in [1.807, 2.05) is 30.3 Å². The number of carbonyl (C=O) groups is 2. The number of methoxy groups -OCH3 is 3. The van der Waals surface area contributed by atoms with Crippen molar-refractivity contribution in [1.82, 2.24) is 0 Å². The fourth-order valence-corrected chi connectivity index (χ4v) is 3.88. The zero-order valence-corrected chi connectivity index (χ0v) is 19.7. The molecule has 0 unspecified atom stereocenters. The van der Waals surface area contributed by atoms with Crippen LogP contribution in [0.15, 0.2) is 91.0 Å². The first-order valence-corrected chi connectivity index (χ1v) is 11.0. The lowest BCUT2D eigenvalue weighted by molar-refractivity contribution is 0.102. The Bertz CT molecular complexity index is 1350. The molecule has 0 bridgehead atoms.